The van der Waals surface area contributed by atoms with Crippen LogP contribution in [0.1, 0.15) is 31.9 Å². The molecule has 134 valence electrons. The number of aromatic hydroxyl groups is 1. The molecule has 0 aliphatic carbocycles. The number of carbonyl (C=O) groups excluding carboxylic acids is 1. The van der Waals surface area contributed by atoms with Gasteiger partial charge < -0.3 is 14.9 Å². The number of phenols is 1. The van der Waals surface area contributed by atoms with Gasteiger partial charge in [-0.25, -0.2) is 0 Å². The maximum absolute atomic E-state index is 12.8. The standard InChI is InChI=1S/C20H27N3O2/c1-3-4-14-22(2)15-12-20(25)23(16-17-9-7-8-13-21-17)18-10-5-6-11-19(18)24/h5-11,13,24H,3-4,12,14-16H2,1-2H3. The van der Waals surface area contributed by atoms with E-state index in [2.05, 4.69) is 16.8 Å². The van der Waals surface area contributed by atoms with Gasteiger partial charge in [0.2, 0.25) is 5.91 Å². The van der Waals surface area contributed by atoms with E-state index in [1.54, 1.807) is 29.3 Å². The molecule has 2 rings (SSSR count). The summed E-state index contributed by atoms with van der Waals surface area (Å²) in [6.45, 7) is 4.19. The number of hydrogen-bond donors (Lipinski definition) is 1. The first-order chi connectivity index (χ1) is 12.1. The number of amides is 1. The molecule has 0 atom stereocenters. The molecule has 0 bridgehead atoms. The number of phenolic OH excluding ortho intramolecular Hbond substituents is 1. The molecule has 1 heterocycles. The monoisotopic (exact) mass is 341 g/mol. The number of aromatic nitrogens is 1. The number of pyridine rings is 1. The second-order valence-electron chi connectivity index (χ2n) is 6.20. The van der Waals surface area contributed by atoms with Gasteiger partial charge in [-0.05, 0) is 44.3 Å². The lowest BCUT2D eigenvalue weighted by Gasteiger charge is -2.25. The molecule has 0 spiro atoms. The van der Waals surface area contributed by atoms with Gasteiger partial charge >= 0.3 is 0 Å². The van der Waals surface area contributed by atoms with Crippen molar-refractivity contribution in [3.63, 3.8) is 0 Å². The molecule has 0 unspecified atom stereocenters. The van der Waals surface area contributed by atoms with Crippen molar-refractivity contribution in [3.8, 4) is 5.75 Å². The molecule has 1 aromatic carbocycles. The van der Waals surface area contributed by atoms with Gasteiger partial charge in [-0.2, -0.15) is 0 Å². The van der Waals surface area contributed by atoms with E-state index in [1.165, 1.54) is 0 Å². The number of rotatable bonds is 9. The SMILES string of the molecule is CCCCN(C)CCC(=O)N(Cc1ccccn1)c1ccccc1O. The van der Waals surface area contributed by atoms with E-state index in [9.17, 15) is 9.90 Å². The molecule has 0 saturated carbocycles. The van der Waals surface area contributed by atoms with Crippen molar-refractivity contribution in [2.75, 3.05) is 25.0 Å². The summed E-state index contributed by atoms with van der Waals surface area (Å²) < 4.78 is 0. The van der Waals surface area contributed by atoms with Crippen LogP contribution < -0.4 is 4.90 Å². The Hall–Kier alpha value is -2.40. The molecule has 0 saturated heterocycles. The number of unbranched alkanes of at least 4 members (excludes halogenated alkanes) is 1. The Bertz CT molecular complexity index is 661. The summed E-state index contributed by atoms with van der Waals surface area (Å²) >= 11 is 0. The first-order valence-electron chi connectivity index (χ1n) is 8.78. The van der Waals surface area contributed by atoms with E-state index in [4.69, 9.17) is 0 Å². The summed E-state index contributed by atoms with van der Waals surface area (Å²) in [7, 11) is 2.03. The largest absolute Gasteiger partial charge is 0.506 e. The number of para-hydroxylation sites is 2. The number of anilines is 1. The Morgan fingerprint density at radius 1 is 1.12 bits per heavy atom. The fraction of sp³-hybridized carbons (Fsp3) is 0.400. The summed E-state index contributed by atoms with van der Waals surface area (Å²) in [5.74, 6) is 0.0848. The number of carbonyl (C=O) groups is 1. The number of benzene rings is 1. The molecule has 1 amide bonds. The second-order valence-corrected chi connectivity index (χ2v) is 6.20. The lowest BCUT2D eigenvalue weighted by atomic mass is 10.2. The van der Waals surface area contributed by atoms with Gasteiger partial charge in [0.1, 0.15) is 5.75 Å². The van der Waals surface area contributed by atoms with E-state index < -0.39 is 0 Å². The van der Waals surface area contributed by atoms with E-state index in [-0.39, 0.29) is 11.7 Å². The molecule has 1 aromatic heterocycles. The zero-order valence-electron chi connectivity index (χ0n) is 15.1. The Morgan fingerprint density at radius 3 is 2.56 bits per heavy atom. The van der Waals surface area contributed by atoms with Crippen molar-refractivity contribution in [1.29, 1.82) is 0 Å². The van der Waals surface area contributed by atoms with Crippen molar-refractivity contribution >= 4 is 11.6 Å². The van der Waals surface area contributed by atoms with Crippen LogP contribution in [0.2, 0.25) is 0 Å². The maximum atomic E-state index is 12.8. The van der Waals surface area contributed by atoms with Crippen LogP contribution in [0, 0.1) is 0 Å². The molecule has 1 N–H and O–H groups in total. The van der Waals surface area contributed by atoms with Crippen molar-refractivity contribution in [2.45, 2.75) is 32.7 Å². The van der Waals surface area contributed by atoms with Crippen LogP contribution in [-0.4, -0.2) is 41.0 Å². The summed E-state index contributed by atoms with van der Waals surface area (Å²) in [4.78, 5) is 20.9. The predicted octanol–water partition coefficient (Wildman–Crippen LogP) is 3.44. The van der Waals surface area contributed by atoms with Crippen molar-refractivity contribution in [3.05, 3.63) is 54.4 Å². The number of nitrogens with zero attached hydrogens (tertiary/aromatic N) is 3. The van der Waals surface area contributed by atoms with Crippen LogP contribution in [0.3, 0.4) is 0 Å². The van der Waals surface area contributed by atoms with Gasteiger partial charge in [0.05, 0.1) is 17.9 Å². The molecule has 5 nitrogen and oxygen atoms in total. The minimum absolute atomic E-state index is 0.0181. The highest BCUT2D eigenvalue weighted by Crippen LogP contribution is 2.28. The predicted molar refractivity (Wildman–Crippen MR) is 101 cm³/mol. The van der Waals surface area contributed by atoms with Gasteiger partial charge in [-0.1, -0.05) is 31.5 Å². The topological polar surface area (TPSA) is 56.7 Å². The Labute approximate surface area is 149 Å². The zero-order chi connectivity index (χ0) is 18.1. The summed E-state index contributed by atoms with van der Waals surface area (Å²) in [5, 5.41) is 10.2. The van der Waals surface area contributed by atoms with Crippen LogP contribution in [0.4, 0.5) is 5.69 Å². The minimum atomic E-state index is -0.0181. The third-order valence-corrected chi connectivity index (χ3v) is 4.12. The fourth-order valence-corrected chi connectivity index (χ4v) is 2.62. The van der Waals surface area contributed by atoms with Crippen LogP contribution in [0.15, 0.2) is 48.7 Å². The lowest BCUT2D eigenvalue weighted by Crippen LogP contribution is -2.34. The van der Waals surface area contributed by atoms with Gasteiger partial charge in [-0.3, -0.25) is 9.78 Å². The van der Waals surface area contributed by atoms with Crippen LogP contribution in [0.25, 0.3) is 0 Å². The third-order valence-electron chi connectivity index (χ3n) is 4.12. The average Bonchev–Trinajstić information content (AvgIpc) is 2.64. The summed E-state index contributed by atoms with van der Waals surface area (Å²) in [6, 6.07) is 12.6. The van der Waals surface area contributed by atoms with Crippen LogP contribution >= 0.6 is 0 Å². The first kappa shape index (κ1) is 18.9. The van der Waals surface area contributed by atoms with Crippen LogP contribution in [-0.2, 0) is 11.3 Å². The fourth-order valence-electron chi connectivity index (χ4n) is 2.62. The Balaban J connectivity index is 2.11. The van der Waals surface area contributed by atoms with E-state index in [1.807, 2.05) is 31.3 Å². The normalized spacial score (nSPS) is 10.8. The summed E-state index contributed by atoms with van der Waals surface area (Å²) in [5.41, 5.74) is 1.31. The zero-order valence-corrected chi connectivity index (χ0v) is 15.1. The van der Waals surface area contributed by atoms with Gasteiger partial charge in [0.25, 0.3) is 0 Å². The molecule has 0 aliphatic rings. The van der Waals surface area contributed by atoms with Gasteiger partial charge in [-0.15, -0.1) is 0 Å². The van der Waals surface area contributed by atoms with Crippen molar-refractivity contribution < 1.29 is 9.90 Å². The van der Waals surface area contributed by atoms with E-state index in [0.29, 0.717) is 25.2 Å². The minimum Gasteiger partial charge on any atom is -0.506 e. The van der Waals surface area contributed by atoms with Gasteiger partial charge in [0.15, 0.2) is 0 Å². The van der Waals surface area contributed by atoms with E-state index >= 15 is 0 Å². The molecule has 25 heavy (non-hydrogen) atoms. The van der Waals surface area contributed by atoms with Crippen molar-refractivity contribution in [1.82, 2.24) is 9.88 Å². The number of hydrogen-bond acceptors (Lipinski definition) is 4. The average molecular weight is 341 g/mol. The molecular weight excluding hydrogens is 314 g/mol. The highest BCUT2D eigenvalue weighted by molar-refractivity contribution is 5.94. The molecule has 0 aliphatic heterocycles. The first-order valence-corrected chi connectivity index (χ1v) is 8.78. The third kappa shape index (κ3) is 5.87. The molecule has 0 fully saturated rings. The second kappa shape index (κ2) is 9.79. The quantitative estimate of drug-likeness (QED) is 0.759. The molecular formula is C20H27N3O2. The Morgan fingerprint density at radius 2 is 1.88 bits per heavy atom. The molecule has 5 heteroatoms. The van der Waals surface area contributed by atoms with Crippen LogP contribution in [0.5, 0.6) is 5.75 Å². The maximum Gasteiger partial charge on any atom is 0.228 e. The highest BCUT2D eigenvalue weighted by atomic mass is 16.3. The smallest absolute Gasteiger partial charge is 0.228 e. The molecule has 0 radical (unpaired) electrons. The Kier molecular flexibility index (Phi) is 7.41. The lowest BCUT2D eigenvalue weighted by molar-refractivity contribution is -0.119. The highest BCUT2D eigenvalue weighted by Gasteiger charge is 2.19. The van der Waals surface area contributed by atoms with E-state index in [0.717, 1.165) is 25.1 Å². The molecule has 2 aromatic rings. The van der Waals surface area contributed by atoms with Crippen molar-refractivity contribution in [2.24, 2.45) is 0 Å². The summed E-state index contributed by atoms with van der Waals surface area (Å²) in [6.07, 6.45) is 4.38. The van der Waals surface area contributed by atoms with Gasteiger partial charge in [0, 0.05) is 19.2 Å².